The summed E-state index contributed by atoms with van der Waals surface area (Å²) in [5.41, 5.74) is 0. The fraction of sp³-hybridized carbons (Fsp3) is 1.00. The van der Waals surface area contributed by atoms with Crippen molar-refractivity contribution in [2.24, 2.45) is 5.92 Å². The lowest BCUT2D eigenvalue weighted by molar-refractivity contribution is -0.299. The van der Waals surface area contributed by atoms with Crippen molar-refractivity contribution >= 4 is 12.4 Å². The van der Waals surface area contributed by atoms with Crippen LogP contribution in [-0.4, -0.2) is 63.8 Å². The van der Waals surface area contributed by atoms with Gasteiger partial charge in [0.15, 0.2) is 6.29 Å². The summed E-state index contributed by atoms with van der Waals surface area (Å²) in [6.45, 7) is 5.97. The summed E-state index contributed by atoms with van der Waals surface area (Å²) in [7, 11) is 0. The second-order valence-electron chi connectivity index (χ2n) is 5.67. The lowest BCUT2D eigenvalue weighted by atomic mass is 9.95. The zero-order valence-electron chi connectivity index (χ0n) is 12.2. The van der Waals surface area contributed by atoms with E-state index in [4.69, 9.17) is 9.47 Å². The lowest BCUT2D eigenvalue weighted by Crippen LogP contribution is -2.58. The molecule has 1 saturated heterocycles. The van der Waals surface area contributed by atoms with Crippen molar-refractivity contribution in [1.82, 2.24) is 0 Å². The van der Waals surface area contributed by atoms with Gasteiger partial charge in [-0.05, 0) is 25.7 Å². The molecule has 0 radical (unpaired) electrons. The summed E-state index contributed by atoms with van der Waals surface area (Å²) in [4.78, 5) is 0. The molecule has 1 unspecified atom stereocenters. The lowest BCUT2D eigenvalue weighted by Gasteiger charge is -2.40. The Bertz CT molecular complexity index is 239. The SMILES string of the molecule is CC(C)CO[C@H]1O[C@H](CCC(C)O)[C@@H](O)[C@H](O)[C@H]1O.Cl. The largest absolute Gasteiger partial charge is 0.393 e. The Hall–Kier alpha value is 0.0500. The van der Waals surface area contributed by atoms with Crippen molar-refractivity contribution in [2.75, 3.05) is 6.61 Å². The van der Waals surface area contributed by atoms with E-state index in [0.717, 1.165) is 0 Å². The number of halogens is 1. The van der Waals surface area contributed by atoms with Crippen LogP contribution >= 0.6 is 12.4 Å². The zero-order valence-corrected chi connectivity index (χ0v) is 13.0. The molecule has 122 valence electrons. The molecule has 0 saturated carbocycles. The summed E-state index contributed by atoms with van der Waals surface area (Å²) < 4.78 is 10.9. The van der Waals surface area contributed by atoms with Gasteiger partial charge < -0.3 is 29.9 Å². The predicted octanol–water partition coefficient (Wildman–Crippen LogP) is 0.0494. The minimum Gasteiger partial charge on any atom is -0.393 e. The van der Waals surface area contributed by atoms with Gasteiger partial charge in [-0.2, -0.15) is 0 Å². The van der Waals surface area contributed by atoms with Gasteiger partial charge in [0.25, 0.3) is 0 Å². The highest BCUT2D eigenvalue weighted by Gasteiger charge is 2.44. The molecular formula is C13H27ClO6. The molecule has 6 nitrogen and oxygen atoms in total. The van der Waals surface area contributed by atoms with Crippen LogP contribution in [0.25, 0.3) is 0 Å². The summed E-state index contributed by atoms with van der Waals surface area (Å²) in [6.07, 6.45) is -5.00. The van der Waals surface area contributed by atoms with Crippen molar-refractivity contribution in [3.05, 3.63) is 0 Å². The van der Waals surface area contributed by atoms with E-state index in [1.54, 1.807) is 6.92 Å². The van der Waals surface area contributed by atoms with Crippen LogP contribution in [0.5, 0.6) is 0 Å². The van der Waals surface area contributed by atoms with Gasteiger partial charge in [-0.1, -0.05) is 13.8 Å². The van der Waals surface area contributed by atoms with E-state index < -0.39 is 36.8 Å². The Morgan fingerprint density at radius 1 is 1.05 bits per heavy atom. The monoisotopic (exact) mass is 314 g/mol. The zero-order chi connectivity index (χ0) is 14.6. The first-order chi connectivity index (χ1) is 8.82. The van der Waals surface area contributed by atoms with E-state index >= 15 is 0 Å². The number of aliphatic hydroxyl groups excluding tert-OH is 4. The first-order valence-corrected chi connectivity index (χ1v) is 6.82. The van der Waals surface area contributed by atoms with Crippen LogP contribution in [-0.2, 0) is 9.47 Å². The molecule has 7 heteroatoms. The maximum atomic E-state index is 9.84. The van der Waals surface area contributed by atoms with Gasteiger partial charge in [0.1, 0.15) is 18.3 Å². The van der Waals surface area contributed by atoms with E-state index in [0.29, 0.717) is 19.4 Å². The normalized spacial score (nSPS) is 35.7. The van der Waals surface area contributed by atoms with Gasteiger partial charge in [-0.15, -0.1) is 12.4 Å². The van der Waals surface area contributed by atoms with E-state index in [-0.39, 0.29) is 18.3 Å². The molecule has 0 aromatic rings. The first kappa shape index (κ1) is 20.1. The van der Waals surface area contributed by atoms with Crippen LogP contribution in [0, 0.1) is 5.92 Å². The van der Waals surface area contributed by atoms with Crippen LogP contribution in [0.15, 0.2) is 0 Å². The smallest absolute Gasteiger partial charge is 0.186 e. The maximum absolute atomic E-state index is 9.84. The highest BCUT2D eigenvalue weighted by molar-refractivity contribution is 5.85. The van der Waals surface area contributed by atoms with Crippen LogP contribution in [0.1, 0.15) is 33.6 Å². The maximum Gasteiger partial charge on any atom is 0.186 e. The Kier molecular flexibility index (Phi) is 9.17. The van der Waals surface area contributed by atoms with Gasteiger partial charge in [0.2, 0.25) is 0 Å². The van der Waals surface area contributed by atoms with Gasteiger partial charge >= 0.3 is 0 Å². The molecule has 20 heavy (non-hydrogen) atoms. The molecule has 6 atom stereocenters. The molecular weight excluding hydrogens is 288 g/mol. The van der Waals surface area contributed by atoms with Gasteiger partial charge in [-0.25, -0.2) is 0 Å². The van der Waals surface area contributed by atoms with E-state index in [9.17, 15) is 20.4 Å². The van der Waals surface area contributed by atoms with Crippen molar-refractivity contribution in [1.29, 1.82) is 0 Å². The van der Waals surface area contributed by atoms with Crippen molar-refractivity contribution in [3.8, 4) is 0 Å². The standard InChI is InChI=1S/C13H26O6.ClH/c1-7(2)6-18-13-12(17)11(16)10(15)9(19-13)5-4-8(3)14;/h7-17H,4-6H2,1-3H3;1H/t8?,9-,10-,11+,12-,13+;/m1./s1. The summed E-state index contributed by atoms with van der Waals surface area (Å²) in [5, 5.41) is 38.7. The number of hydrogen-bond donors (Lipinski definition) is 4. The fourth-order valence-electron chi connectivity index (χ4n) is 1.99. The van der Waals surface area contributed by atoms with E-state index in [1.165, 1.54) is 0 Å². The minimum absolute atomic E-state index is 0. The molecule has 0 aromatic heterocycles. The minimum atomic E-state index is -1.30. The third-order valence-corrected chi connectivity index (χ3v) is 3.13. The molecule has 0 aromatic carbocycles. The van der Waals surface area contributed by atoms with Crippen molar-refractivity contribution in [2.45, 2.75) is 70.4 Å². The van der Waals surface area contributed by atoms with Gasteiger partial charge in [0.05, 0.1) is 18.8 Å². The number of rotatable bonds is 6. The molecule has 1 heterocycles. The van der Waals surface area contributed by atoms with E-state index in [2.05, 4.69) is 0 Å². The van der Waals surface area contributed by atoms with Crippen LogP contribution in [0.3, 0.4) is 0 Å². The Morgan fingerprint density at radius 3 is 2.15 bits per heavy atom. The fourth-order valence-corrected chi connectivity index (χ4v) is 1.99. The topological polar surface area (TPSA) is 99.4 Å². The number of aliphatic hydroxyl groups is 4. The highest BCUT2D eigenvalue weighted by atomic mass is 35.5. The van der Waals surface area contributed by atoms with Crippen molar-refractivity contribution < 1.29 is 29.9 Å². The van der Waals surface area contributed by atoms with E-state index in [1.807, 2.05) is 13.8 Å². The third kappa shape index (κ3) is 5.81. The second-order valence-corrected chi connectivity index (χ2v) is 5.67. The van der Waals surface area contributed by atoms with Crippen molar-refractivity contribution in [3.63, 3.8) is 0 Å². The molecule has 0 amide bonds. The molecule has 0 spiro atoms. The molecule has 1 aliphatic heterocycles. The molecule has 1 rings (SSSR count). The molecule has 0 bridgehead atoms. The Balaban J connectivity index is 0.00000361. The Morgan fingerprint density at radius 2 is 1.65 bits per heavy atom. The number of ether oxygens (including phenoxy) is 2. The molecule has 4 N–H and O–H groups in total. The molecule has 0 aliphatic carbocycles. The summed E-state index contributed by atoms with van der Waals surface area (Å²) >= 11 is 0. The first-order valence-electron chi connectivity index (χ1n) is 6.82. The summed E-state index contributed by atoms with van der Waals surface area (Å²) in [5.74, 6) is 0.274. The number of hydrogen-bond acceptors (Lipinski definition) is 6. The quantitative estimate of drug-likeness (QED) is 0.553. The van der Waals surface area contributed by atoms with Crippen LogP contribution in [0.2, 0.25) is 0 Å². The van der Waals surface area contributed by atoms with Gasteiger partial charge in [-0.3, -0.25) is 0 Å². The summed E-state index contributed by atoms with van der Waals surface area (Å²) in [6, 6.07) is 0. The average molecular weight is 315 g/mol. The Labute approximate surface area is 126 Å². The van der Waals surface area contributed by atoms with Gasteiger partial charge in [0, 0.05) is 0 Å². The van der Waals surface area contributed by atoms with Crippen LogP contribution < -0.4 is 0 Å². The predicted molar refractivity (Wildman–Crippen MR) is 75.6 cm³/mol. The third-order valence-electron chi connectivity index (χ3n) is 3.13. The molecule has 1 aliphatic rings. The average Bonchev–Trinajstić information content (AvgIpc) is 2.33. The van der Waals surface area contributed by atoms with Crippen LogP contribution in [0.4, 0.5) is 0 Å². The second kappa shape index (κ2) is 9.15. The molecule has 1 fully saturated rings. The highest BCUT2D eigenvalue weighted by Crippen LogP contribution is 2.25.